The van der Waals surface area contributed by atoms with Crippen LogP contribution in [-0.4, -0.2) is 42.4 Å². The van der Waals surface area contributed by atoms with Crippen LogP contribution in [0.3, 0.4) is 0 Å². The van der Waals surface area contributed by atoms with Gasteiger partial charge >= 0.3 is 0 Å². The van der Waals surface area contributed by atoms with Gasteiger partial charge in [-0.05, 0) is 74.0 Å². The van der Waals surface area contributed by atoms with E-state index in [-0.39, 0.29) is 5.91 Å². The fourth-order valence-electron chi connectivity index (χ4n) is 7.71. The minimum absolute atomic E-state index is 0.225. The molecule has 37 heavy (non-hydrogen) atoms. The van der Waals surface area contributed by atoms with Crippen molar-refractivity contribution in [2.24, 2.45) is 17.8 Å². The summed E-state index contributed by atoms with van der Waals surface area (Å²) in [7, 11) is 0. The average Bonchev–Trinajstić information content (AvgIpc) is 3.36. The van der Waals surface area contributed by atoms with Crippen molar-refractivity contribution >= 4 is 11.6 Å². The summed E-state index contributed by atoms with van der Waals surface area (Å²) >= 11 is 0. The fourth-order valence-corrected chi connectivity index (χ4v) is 7.71. The second kappa shape index (κ2) is 10.9. The maximum atomic E-state index is 14.5. The molecule has 3 fully saturated rings. The molecule has 6 rings (SSSR count). The third-order valence-electron chi connectivity index (χ3n) is 9.80. The van der Waals surface area contributed by atoms with Crippen LogP contribution in [0.5, 0.6) is 0 Å². The molecular formula is C32H44N2O3. The van der Waals surface area contributed by atoms with E-state index in [9.17, 15) is 10.0 Å². The first-order valence-electron chi connectivity index (χ1n) is 15.1. The third kappa shape index (κ3) is 4.78. The van der Waals surface area contributed by atoms with Crippen LogP contribution >= 0.6 is 0 Å². The molecule has 4 unspecified atom stereocenters. The molecule has 1 aromatic rings. The number of anilines is 1. The molecule has 1 aromatic carbocycles. The summed E-state index contributed by atoms with van der Waals surface area (Å²) in [6.07, 6.45) is 20.3. The highest BCUT2D eigenvalue weighted by Crippen LogP contribution is 2.55. The van der Waals surface area contributed by atoms with E-state index in [2.05, 4.69) is 41.3 Å². The molecule has 5 nitrogen and oxygen atoms in total. The number of ether oxygens (including phenoxy) is 1. The highest BCUT2D eigenvalue weighted by Gasteiger charge is 2.59. The van der Waals surface area contributed by atoms with Crippen molar-refractivity contribution in [1.29, 1.82) is 0 Å². The summed E-state index contributed by atoms with van der Waals surface area (Å²) in [6, 6.07) is 8.51. The second-order valence-corrected chi connectivity index (χ2v) is 12.2. The Morgan fingerprint density at radius 2 is 1.49 bits per heavy atom. The van der Waals surface area contributed by atoms with Crippen molar-refractivity contribution < 1.29 is 14.7 Å². The number of nitrogens with zero attached hydrogens (tertiary/aromatic N) is 2. The van der Waals surface area contributed by atoms with Gasteiger partial charge in [-0.2, -0.15) is 5.06 Å². The molecule has 1 spiro atoms. The van der Waals surface area contributed by atoms with Gasteiger partial charge in [-0.25, -0.2) is 0 Å². The Labute approximate surface area is 222 Å². The number of carbonyl (C=O) groups excluding carboxylic acids is 1. The van der Waals surface area contributed by atoms with Crippen molar-refractivity contribution in [3.8, 4) is 0 Å². The molecular weight excluding hydrogens is 460 g/mol. The Morgan fingerprint density at radius 3 is 2.30 bits per heavy atom. The van der Waals surface area contributed by atoms with Crippen molar-refractivity contribution in [2.45, 2.75) is 88.9 Å². The van der Waals surface area contributed by atoms with Crippen LogP contribution in [0.2, 0.25) is 0 Å². The first-order valence-corrected chi connectivity index (χ1v) is 15.1. The molecule has 2 aliphatic carbocycles. The van der Waals surface area contributed by atoms with Gasteiger partial charge in [0.2, 0.25) is 5.91 Å². The number of benzene rings is 1. The number of hydrogen-bond acceptors (Lipinski definition) is 4. The first-order chi connectivity index (χ1) is 18.2. The van der Waals surface area contributed by atoms with E-state index in [4.69, 9.17) is 4.74 Å². The SMILES string of the molecule is O=C1N(CC2CCCCCN(O)CCCC2)c2ccccc2C12COC1=CC3CCCCCCC3C=C12. The van der Waals surface area contributed by atoms with Crippen LogP contribution in [0.15, 0.2) is 47.7 Å². The Morgan fingerprint density at radius 1 is 0.838 bits per heavy atom. The average molecular weight is 505 g/mol. The first kappa shape index (κ1) is 25.2. The van der Waals surface area contributed by atoms with Gasteiger partial charge in [-0.3, -0.25) is 4.79 Å². The monoisotopic (exact) mass is 504 g/mol. The van der Waals surface area contributed by atoms with E-state index in [1.165, 1.54) is 43.6 Å². The van der Waals surface area contributed by atoms with Crippen molar-refractivity contribution in [2.75, 3.05) is 31.1 Å². The fraction of sp³-hybridized carbons (Fsp3) is 0.656. The molecule has 3 heterocycles. The predicted molar refractivity (Wildman–Crippen MR) is 146 cm³/mol. The van der Waals surface area contributed by atoms with E-state index in [1.807, 2.05) is 0 Å². The van der Waals surface area contributed by atoms with Crippen LogP contribution in [0.4, 0.5) is 5.69 Å². The van der Waals surface area contributed by atoms with E-state index >= 15 is 0 Å². The van der Waals surface area contributed by atoms with Crippen molar-refractivity contribution in [3.63, 3.8) is 0 Å². The third-order valence-corrected chi connectivity index (χ3v) is 9.80. The van der Waals surface area contributed by atoms with E-state index in [0.29, 0.717) is 24.4 Å². The van der Waals surface area contributed by atoms with Gasteiger partial charge in [0.25, 0.3) is 0 Å². The number of hydroxylamine groups is 2. The van der Waals surface area contributed by atoms with Crippen LogP contribution in [0, 0.1) is 17.8 Å². The standard InChI is InChI=1S/C32H44N2O3/c35-31-32(23-37-30-21-26-15-6-2-1-5-14-25(26)20-28(30)32)27-16-7-8-17-29(27)34(31)22-24-12-4-3-10-18-33(36)19-11-9-13-24/h7-8,16-17,20-21,24-26,36H,1-6,9-15,18-19,22-23H2. The highest BCUT2D eigenvalue weighted by atomic mass is 16.5. The Kier molecular flexibility index (Phi) is 7.45. The number of amides is 1. The van der Waals surface area contributed by atoms with E-state index in [0.717, 1.165) is 87.2 Å². The maximum absolute atomic E-state index is 14.5. The number of para-hydroxylation sites is 1. The second-order valence-electron chi connectivity index (χ2n) is 12.2. The molecule has 0 aromatic heterocycles. The minimum atomic E-state index is -0.680. The van der Waals surface area contributed by atoms with E-state index < -0.39 is 5.41 Å². The van der Waals surface area contributed by atoms with Gasteiger partial charge in [0.1, 0.15) is 17.8 Å². The summed E-state index contributed by atoms with van der Waals surface area (Å²) in [5.41, 5.74) is 2.71. The number of hydrogen-bond donors (Lipinski definition) is 1. The zero-order valence-electron chi connectivity index (χ0n) is 22.4. The number of allylic oxidation sites excluding steroid dienone is 3. The lowest BCUT2D eigenvalue weighted by atomic mass is 9.70. The van der Waals surface area contributed by atoms with E-state index in [1.54, 1.807) is 0 Å². The Balaban J connectivity index is 1.28. The lowest BCUT2D eigenvalue weighted by Gasteiger charge is -2.32. The van der Waals surface area contributed by atoms with Gasteiger partial charge in [-0.15, -0.1) is 0 Å². The number of rotatable bonds is 2. The van der Waals surface area contributed by atoms with Gasteiger partial charge < -0.3 is 14.8 Å². The summed E-state index contributed by atoms with van der Waals surface area (Å²) in [6.45, 7) is 2.76. The predicted octanol–water partition coefficient (Wildman–Crippen LogP) is 6.76. The highest BCUT2D eigenvalue weighted by molar-refractivity contribution is 6.11. The molecule has 5 aliphatic rings. The zero-order chi connectivity index (χ0) is 25.2. The normalized spacial score (nSPS) is 33.3. The summed E-state index contributed by atoms with van der Waals surface area (Å²) in [4.78, 5) is 16.6. The largest absolute Gasteiger partial charge is 0.492 e. The van der Waals surface area contributed by atoms with Gasteiger partial charge in [0.15, 0.2) is 0 Å². The molecule has 4 atom stereocenters. The quantitative estimate of drug-likeness (QED) is 0.483. The Hall–Kier alpha value is -2.11. The number of carbonyl (C=O) groups is 1. The van der Waals surface area contributed by atoms with Crippen molar-refractivity contribution in [3.05, 3.63) is 53.3 Å². The molecule has 1 N–H and O–H groups in total. The Bertz CT molecular complexity index is 1050. The van der Waals surface area contributed by atoms with Gasteiger partial charge in [0.05, 0.1) is 0 Å². The molecule has 2 saturated heterocycles. The van der Waals surface area contributed by atoms with Gasteiger partial charge in [0, 0.05) is 30.9 Å². The molecule has 1 saturated carbocycles. The molecule has 1 amide bonds. The summed E-state index contributed by atoms with van der Waals surface area (Å²) < 4.78 is 6.39. The number of fused-ring (bicyclic) bond motifs is 5. The van der Waals surface area contributed by atoms with Crippen LogP contribution in [-0.2, 0) is 14.9 Å². The lowest BCUT2D eigenvalue weighted by molar-refractivity contribution is -0.122. The van der Waals surface area contributed by atoms with Crippen LogP contribution in [0.1, 0.15) is 89.0 Å². The summed E-state index contributed by atoms with van der Waals surface area (Å²) in [5.74, 6) is 2.78. The van der Waals surface area contributed by atoms with Crippen LogP contribution < -0.4 is 4.90 Å². The topological polar surface area (TPSA) is 53.0 Å². The zero-order valence-corrected chi connectivity index (χ0v) is 22.4. The molecule has 3 aliphatic heterocycles. The maximum Gasteiger partial charge on any atom is 0.245 e. The molecule has 0 bridgehead atoms. The lowest BCUT2D eigenvalue weighted by Crippen LogP contribution is -2.44. The van der Waals surface area contributed by atoms with Crippen molar-refractivity contribution in [1.82, 2.24) is 5.06 Å². The molecule has 0 radical (unpaired) electrons. The summed E-state index contributed by atoms with van der Waals surface area (Å²) in [5, 5.41) is 11.5. The smallest absolute Gasteiger partial charge is 0.245 e. The van der Waals surface area contributed by atoms with Gasteiger partial charge in [-0.1, -0.05) is 69.2 Å². The molecule has 200 valence electrons. The van der Waals surface area contributed by atoms with Crippen LogP contribution in [0.25, 0.3) is 0 Å². The molecule has 5 heteroatoms. The minimum Gasteiger partial charge on any atom is -0.492 e.